The highest BCUT2D eigenvalue weighted by Crippen LogP contribution is 2.38. The Bertz CT molecular complexity index is 1570. The topological polar surface area (TPSA) is 142 Å². The SMILES string of the molecule is Cc1cc(CNCc2cn(C3CC3)c3cc(N4CC[C@H](CNC(=O)CCOCCOCCOCCOCCN)C4)c(F)cc3c2=O)ccn1. The molecule has 5 rings (SSSR count). The van der Waals surface area contributed by atoms with Gasteiger partial charge in [0.25, 0.3) is 0 Å². The van der Waals surface area contributed by atoms with E-state index in [1.165, 1.54) is 6.07 Å². The highest BCUT2D eigenvalue weighted by atomic mass is 19.1. The molecule has 0 bridgehead atoms. The molecule has 49 heavy (non-hydrogen) atoms. The van der Waals surface area contributed by atoms with Crippen molar-refractivity contribution in [1.29, 1.82) is 0 Å². The number of fused-ring (bicyclic) bond motifs is 1. The summed E-state index contributed by atoms with van der Waals surface area (Å²) in [5, 5.41) is 6.79. The molecule has 1 aromatic carbocycles. The molecule has 4 N–H and O–H groups in total. The van der Waals surface area contributed by atoms with Gasteiger partial charge >= 0.3 is 0 Å². The summed E-state index contributed by atoms with van der Waals surface area (Å²) in [7, 11) is 0. The number of rotatable bonds is 22. The average molecular weight is 683 g/mol. The molecule has 0 unspecified atom stereocenters. The third-order valence-corrected chi connectivity index (χ3v) is 8.79. The summed E-state index contributed by atoms with van der Waals surface area (Å²) in [4.78, 5) is 32.2. The van der Waals surface area contributed by atoms with Gasteiger partial charge in [-0.3, -0.25) is 14.6 Å². The van der Waals surface area contributed by atoms with Crippen molar-refractivity contribution in [2.75, 3.05) is 83.9 Å². The van der Waals surface area contributed by atoms with Crippen LogP contribution in [0.25, 0.3) is 10.9 Å². The molecule has 2 aromatic heterocycles. The van der Waals surface area contributed by atoms with Gasteiger partial charge in [-0.05, 0) is 61.9 Å². The number of amides is 1. The molecule has 2 aliphatic rings. The zero-order valence-corrected chi connectivity index (χ0v) is 28.6. The lowest BCUT2D eigenvalue weighted by molar-refractivity contribution is -0.122. The second-order valence-corrected chi connectivity index (χ2v) is 12.7. The van der Waals surface area contributed by atoms with E-state index in [4.69, 9.17) is 24.7 Å². The minimum absolute atomic E-state index is 0.0730. The second-order valence-electron chi connectivity index (χ2n) is 12.7. The Morgan fingerprint density at radius 1 is 0.980 bits per heavy atom. The van der Waals surface area contributed by atoms with E-state index in [-0.39, 0.29) is 23.7 Å². The highest BCUT2D eigenvalue weighted by Gasteiger charge is 2.29. The largest absolute Gasteiger partial charge is 0.379 e. The molecule has 1 atom stereocenters. The Morgan fingerprint density at radius 3 is 2.39 bits per heavy atom. The van der Waals surface area contributed by atoms with Crippen molar-refractivity contribution in [3.8, 4) is 0 Å². The third-order valence-electron chi connectivity index (χ3n) is 8.79. The predicted octanol–water partition coefficient (Wildman–Crippen LogP) is 2.83. The van der Waals surface area contributed by atoms with E-state index in [1.807, 2.05) is 36.2 Å². The van der Waals surface area contributed by atoms with Gasteiger partial charge in [0.15, 0.2) is 5.43 Å². The number of nitrogens with zero attached hydrogens (tertiary/aromatic N) is 3. The summed E-state index contributed by atoms with van der Waals surface area (Å²) in [6.07, 6.45) is 6.92. The molecule has 268 valence electrons. The number of aromatic nitrogens is 2. The molecule has 13 heteroatoms. The molecular formula is C36H51FN6O6. The number of carbonyl (C=O) groups excluding carboxylic acids is 1. The van der Waals surface area contributed by atoms with Crippen LogP contribution >= 0.6 is 0 Å². The Hall–Kier alpha value is -3.46. The first-order valence-corrected chi connectivity index (χ1v) is 17.4. The summed E-state index contributed by atoms with van der Waals surface area (Å²) < 4.78 is 39.4. The summed E-state index contributed by atoms with van der Waals surface area (Å²) in [5.41, 5.74) is 9.17. The van der Waals surface area contributed by atoms with Gasteiger partial charge in [0.05, 0.1) is 64.1 Å². The fraction of sp³-hybridized carbons (Fsp3) is 0.583. The van der Waals surface area contributed by atoms with Crippen molar-refractivity contribution in [3.05, 3.63) is 69.5 Å². The number of benzene rings is 1. The molecular weight excluding hydrogens is 631 g/mol. The lowest BCUT2D eigenvalue weighted by atomic mass is 10.1. The monoisotopic (exact) mass is 682 g/mol. The second kappa shape index (κ2) is 19.1. The number of aryl methyl sites for hydroxylation is 1. The first-order chi connectivity index (χ1) is 23.9. The molecule has 1 aliphatic carbocycles. The number of nitrogens with one attached hydrogen (secondary N) is 2. The lowest BCUT2D eigenvalue weighted by Crippen LogP contribution is -2.31. The van der Waals surface area contributed by atoms with Crippen LogP contribution in [0.3, 0.4) is 0 Å². The van der Waals surface area contributed by atoms with Gasteiger partial charge in [-0.15, -0.1) is 0 Å². The van der Waals surface area contributed by atoms with Crippen molar-refractivity contribution < 1.29 is 28.1 Å². The minimum atomic E-state index is -0.393. The van der Waals surface area contributed by atoms with Gasteiger partial charge in [-0.2, -0.15) is 0 Å². The van der Waals surface area contributed by atoms with Crippen molar-refractivity contribution >= 4 is 22.5 Å². The number of nitrogens with two attached hydrogens (primary N) is 1. The number of hydrogen-bond donors (Lipinski definition) is 3. The summed E-state index contributed by atoms with van der Waals surface area (Å²) >= 11 is 0. The van der Waals surface area contributed by atoms with E-state index in [1.54, 1.807) is 6.20 Å². The number of anilines is 1. The molecule has 0 radical (unpaired) electrons. The van der Waals surface area contributed by atoms with E-state index < -0.39 is 5.82 Å². The van der Waals surface area contributed by atoms with E-state index in [9.17, 15) is 9.59 Å². The molecule has 3 aromatic rings. The number of pyridine rings is 2. The van der Waals surface area contributed by atoms with Crippen LogP contribution in [0.2, 0.25) is 0 Å². The van der Waals surface area contributed by atoms with Crippen LogP contribution < -0.4 is 26.7 Å². The van der Waals surface area contributed by atoms with Crippen LogP contribution in [0.15, 0.2) is 41.5 Å². The summed E-state index contributed by atoms with van der Waals surface area (Å²) in [6.45, 7) is 8.95. The smallest absolute Gasteiger partial charge is 0.222 e. The first kappa shape index (κ1) is 36.8. The molecule has 0 spiro atoms. The number of carbonyl (C=O) groups is 1. The minimum Gasteiger partial charge on any atom is -0.379 e. The van der Waals surface area contributed by atoms with Crippen LogP contribution in [-0.4, -0.2) is 94.5 Å². The molecule has 1 amide bonds. The van der Waals surface area contributed by atoms with Crippen LogP contribution in [0.5, 0.6) is 0 Å². The molecule has 1 aliphatic heterocycles. The number of ether oxygens (including phenoxy) is 4. The van der Waals surface area contributed by atoms with Crippen molar-refractivity contribution in [2.45, 2.75) is 51.7 Å². The summed E-state index contributed by atoms with van der Waals surface area (Å²) in [5.74, 6) is -0.266. The van der Waals surface area contributed by atoms with Crippen LogP contribution in [0, 0.1) is 18.7 Å². The van der Waals surface area contributed by atoms with E-state index in [0.29, 0.717) is 115 Å². The van der Waals surface area contributed by atoms with Crippen molar-refractivity contribution in [3.63, 3.8) is 0 Å². The van der Waals surface area contributed by atoms with Crippen LogP contribution in [0.1, 0.15) is 48.5 Å². The maximum Gasteiger partial charge on any atom is 0.222 e. The van der Waals surface area contributed by atoms with Gasteiger partial charge in [-0.1, -0.05) is 0 Å². The van der Waals surface area contributed by atoms with Gasteiger partial charge < -0.3 is 44.8 Å². The Kier molecular flexibility index (Phi) is 14.3. The molecule has 1 saturated heterocycles. The predicted molar refractivity (Wildman–Crippen MR) is 186 cm³/mol. The van der Waals surface area contributed by atoms with E-state index in [2.05, 4.69) is 20.2 Å². The van der Waals surface area contributed by atoms with Crippen LogP contribution in [-0.2, 0) is 36.8 Å². The number of halogens is 1. The Labute approximate surface area is 287 Å². The van der Waals surface area contributed by atoms with Gasteiger partial charge in [0.1, 0.15) is 5.82 Å². The highest BCUT2D eigenvalue weighted by molar-refractivity contribution is 5.84. The number of hydrogen-bond acceptors (Lipinski definition) is 10. The van der Waals surface area contributed by atoms with Crippen molar-refractivity contribution in [2.24, 2.45) is 11.7 Å². The first-order valence-electron chi connectivity index (χ1n) is 17.4. The van der Waals surface area contributed by atoms with Gasteiger partial charge in [-0.25, -0.2) is 4.39 Å². The Balaban J connectivity index is 1.04. The van der Waals surface area contributed by atoms with Gasteiger partial charge in [0.2, 0.25) is 5.91 Å². The maximum atomic E-state index is 15.6. The normalized spacial score (nSPS) is 16.1. The molecule has 3 heterocycles. The van der Waals surface area contributed by atoms with Crippen molar-refractivity contribution in [1.82, 2.24) is 20.2 Å². The maximum absolute atomic E-state index is 15.6. The summed E-state index contributed by atoms with van der Waals surface area (Å²) in [6, 6.07) is 7.55. The molecule has 2 fully saturated rings. The lowest BCUT2D eigenvalue weighted by Gasteiger charge is -2.22. The quantitative estimate of drug-likeness (QED) is 0.136. The standard InChI is InChI=1S/C36H51FN6O6/c1-26-18-27(4-8-40-26)21-39-23-29-25-43(30-2-3-30)33-20-34(32(37)19-31(33)36(29)45)42-9-5-28(24-42)22-41-35(44)6-10-46-12-14-48-16-17-49-15-13-47-11-7-38/h4,8,18-20,25,28,30,39H,2-3,5-7,9-17,21-24,38H2,1H3,(H,41,44)/t28-/m1/s1. The zero-order valence-electron chi connectivity index (χ0n) is 28.6. The van der Waals surface area contributed by atoms with Crippen LogP contribution in [0.4, 0.5) is 10.1 Å². The zero-order chi connectivity index (χ0) is 34.4. The molecule has 12 nitrogen and oxygen atoms in total. The fourth-order valence-corrected chi connectivity index (χ4v) is 6.07. The molecule has 1 saturated carbocycles. The van der Waals surface area contributed by atoms with E-state index >= 15 is 4.39 Å². The average Bonchev–Trinajstić information content (AvgIpc) is 3.83. The third kappa shape index (κ3) is 11.3. The van der Waals surface area contributed by atoms with Gasteiger partial charge in [0, 0.05) is 80.8 Å². The fourth-order valence-electron chi connectivity index (χ4n) is 6.07. The Morgan fingerprint density at radius 2 is 1.69 bits per heavy atom. The van der Waals surface area contributed by atoms with E-state index in [0.717, 1.165) is 36.0 Å².